The smallest absolute Gasteiger partial charge is 0.287 e. The molecular weight excluding hydrogens is 288 g/mol. The maximum atomic E-state index is 11.9. The molecule has 0 saturated heterocycles. The molecule has 2 heterocycles. The zero-order valence-electron chi connectivity index (χ0n) is 9.83. The van der Waals surface area contributed by atoms with Crippen LogP contribution in [0, 0.1) is 0 Å². The van der Waals surface area contributed by atoms with E-state index in [0.29, 0.717) is 11.3 Å². The predicted octanol–water partition coefficient (Wildman–Crippen LogP) is 1.80. The van der Waals surface area contributed by atoms with Crippen LogP contribution in [-0.2, 0) is 17.1 Å². The summed E-state index contributed by atoms with van der Waals surface area (Å²) in [4.78, 5) is 0.109. The Bertz CT molecular complexity index is 795. The Morgan fingerprint density at radius 3 is 2.84 bits per heavy atom. The molecule has 0 amide bonds. The van der Waals surface area contributed by atoms with Crippen LogP contribution in [0.25, 0.3) is 11.1 Å². The van der Waals surface area contributed by atoms with Gasteiger partial charge in [0.15, 0.2) is 0 Å². The molecule has 1 aromatic carbocycles. The summed E-state index contributed by atoms with van der Waals surface area (Å²) in [6.07, 6.45) is 3.45. The molecule has 1 aliphatic rings. The minimum absolute atomic E-state index is 0.109. The summed E-state index contributed by atoms with van der Waals surface area (Å²) in [6, 6.07) is 4.95. The van der Waals surface area contributed by atoms with Crippen molar-refractivity contribution in [2.75, 3.05) is 5.32 Å². The fraction of sp³-hybridized carbons (Fsp3) is 0.0909. The standard InChI is InChI=1S/C11H9ClN4O2S/c1-16-6-7(5-13-16)8-3-2-4-9-10(8)14-11(12)15-19(9,17)18/h2-6H,1H3,(H,14,15). The van der Waals surface area contributed by atoms with E-state index in [4.69, 9.17) is 11.6 Å². The van der Waals surface area contributed by atoms with Crippen molar-refractivity contribution in [3.8, 4) is 11.1 Å². The van der Waals surface area contributed by atoms with Crippen LogP contribution in [0.2, 0.25) is 0 Å². The highest BCUT2D eigenvalue weighted by Crippen LogP contribution is 2.36. The number of para-hydroxylation sites is 1. The van der Waals surface area contributed by atoms with E-state index in [-0.39, 0.29) is 10.2 Å². The van der Waals surface area contributed by atoms with Gasteiger partial charge < -0.3 is 5.32 Å². The van der Waals surface area contributed by atoms with Gasteiger partial charge in [0.2, 0.25) is 5.29 Å². The van der Waals surface area contributed by atoms with Gasteiger partial charge in [0.1, 0.15) is 4.90 Å². The van der Waals surface area contributed by atoms with Crippen LogP contribution in [0.15, 0.2) is 39.9 Å². The van der Waals surface area contributed by atoms with Crippen molar-refractivity contribution in [2.24, 2.45) is 11.4 Å². The van der Waals surface area contributed by atoms with Gasteiger partial charge in [-0.15, -0.1) is 4.40 Å². The number of aromatic nitrogens is 2. The number of fused-ring (bicyclic) bond motifs is 1. The third-order valence-electron chi connectivity index (χ3n) is 2.75. The van der Waals surface area contributed by atoms with Gasteiger partial charge >= 0.3 is 0 Å². The van der Waals surface area contributed by atoms with E-state index in [2.05, 4.69) is 14.8 Å². The second kappa shape index (κ2) is 4.07. The fourth-order valence-corrected chi connectivity index (χ4v) is 3.35. The van der Waals surface area contributed by atoms with Gasteiger partial charge in [-0.3, -0.25) is 4.68 Å². The number of aryl methyl sites for hydroxylation is 1. The molecule has 98 valence electrons. The van der Waals surface area contributed by atoms with E-state index in [0.717, 1.165) is 5.56 Å². The number of sulfonamides is 1. The van der Waals surface area contributed by atoms with Crippen molar-refractivity contribution < 1.29 is 8.42 Å². The Balaban J connectivity index is 2.27. The summed E-state index contributed by atoms with van der Waals surface area (Å²) in [5, 5.41) is 6.70. The molecule has 19 heavy (non-hydrogen) atoms. The Labute approximate surface area is 114 Å². The van der Waals surface area contributed by atoms with Crippen molar-refractivity contribution in [1.82, 2.24) is 9.78 Å². The van der Waals surface area contributed by atoms with Crippen LogP contribution in [0.1, 0.15) is 0 Å². The molecule has 2 aromatic rings. The summed E-state index contributed by atoms with van der Waals surface area (Å²) in [5.74, 6) is 0. The fourth-order valence-electron chi connectivity index (χ4n) is 1.96. The van der Waals surface area contributed by atoms with Crippen LogP contribution in [0.3, 0.4) is 0 Å². The van der Waals surface area contributed by atoms with E-state index in [1.165, 1.54) is 6.07 Å². The Hall–Kier alpha value is -1.86. The molecule has 0 bridgehead atoms. The first-order valence-corrected chi connectivity index (χ1v) is 7.19. The Morgan fingerprint density at radius 1 is 1.37 bits per heavy atom. The minimum Gasteiger partial charge on any atom is -0.328 e. The molecule has 1 N–H and O–H groups in total. The number of nitrogens with one attached hydrogen (secondary N) is 1. The number of anilines is 1. The van der Waals surface area contributed by atoms with Gasteiger partial charge in [0.05, 0.1) is 11.9 Å². The van der Waals surface area contributed by atoms with Crippen LogP contribution < -0.4 is 5.32 Å². The predicted molar refractivity (Wildman–Crippen MR) is 72.7 cm³/mol. The zero-order chi connectivity index (χ0) is 13.6. The number of rotatable bonds is 1. The molecule has 1 aromatic heterocycles. The monoisotopic (exact) mass is 296 g/mol. The lowest BCUT2D eigenvalue weighted by molar-refractivity contribution is 0.598. The van der Waals surface area contributed by atoms with Gasteiger partial charge in [-0.05, 0) is 17.7 Å². The van der Waals surface area contributed by atoms with Crippen LogP contribution in [0.5, 0.6) is 0 Å². The number of hydrogen-bond acceptors (Lipinski definition) is 4. The summed E-state index contributed by atoms with van der Waals surface area (Å²) in [6.45, 7) is 0. The summed E-state index contributed by atoms with van der Waals surface area (Å²) in [5.41, 5.74) is 1.94. The average Bonchev–Trinajstić information content (AvgIpc) is 2.74. The first kappa shape index (κ1) is 12.2. The molecule has 0 spiro atoms. The zero-order valence-corrected chi connectivity index (χ0v) is 11.4. The second-order valence-corrected chi connectivity index (χ2v) is 5.99. The SMILES string of the molecule is Cn1cc(-c2cccc3c2NC(Cl)=NS3(=O)=O)cn1. The number of halogens is 1. The molecular formula is C11H9ClN4O2S. The summed E-state index contributed by atoms with van der Waals surface area (Å²) in [7, 11) is -1.96. The van der Waals surface area contributed by atoms with E-state index in [1.54, 1.807) is 36.3 Å². The van der Waals surface area contributed by atoms with E-state index < -0.39 is 10.0 Å². The van der Waals surface area contributed by atoms with Gasteiger partial charge in [-0.2, -0.15) is 13.5 Å². The first-order valence-electron chi connectivity index (χ1n) is 5.37. The highest BCUT2D eigenvalue weighted by Gasteiger charge is 2.26. The number of hydrogen-bond donors (Lipinski definition) is 1. The van der Waals surface area contributed by atoms with Crippen molar-refractivity contribution in [3.63, 3.8) is 0 Å². The number of benzene rings is 1. The maximum absolute atomic E-state index is 11.9. The quantitative estimate of drug-likeness (QED) is 0.814. The molecule has 0 saturated carbocycles. The molecule has 0 fully saturated rings. The molecule has 6 nitrogen and oxygen atoms in total. The molecule has 1 aliphatic heterocycles. The molecule has 8 heteroatoms. The Morgan fingerprint density at radius 2 is 2.16 bits per heavy atom. The van der Waals surface area contributed by atoms with Gasteiger partial charge in [-0.25, -0.2) is 0 Å². The van der Waals surface area contributed by atoms with Crippen LogP contribution in [0.4, 0.5) is 5.69 Å². The highest BCUT2D eigenvalue weighted by atomic mass is 35.5. The van der Waals surface area contributed by atoms with Gasteiger partial charge in [-0.1, -0.05) is 12.1 Å². The Kier molecular flexibility index (Phi) is 2.61. The van der Waals surface area contributed by atoms with Crippen molar-refractivity contribution in [1.29, 1.82) is 0 Å². The van der Waals surface area contributed by atoms with E-state index >= 15 is 0 Å². The summed E-state index contributed by atoms with van der Waals surface area (Å²) >= 11 is 5.73. The van der Waals surface area contributed by atoms with Crippen molar-refractivity contribution in [3.05, 3.63) is 30.6 Å². The maximum Gasteiger partial charge on any atom is 0.287 e. The normalized spacial score (nSPS) is 16.4. The average molecular weight is 297 g/mol. The summed E-state index contributed by atoms with van der Waals surface area (Å²) < 4.78 is 28.9. The second-order valence-electron chi connectivity index (χ2n) is 4.06. The van der Waals surface area contributed by atoms with Crippen LogP contribution >= 0.6 is 11.6 Å². The molecule has 3 rings (SSSR count). The molecule has 0 atom stereocenters. The van der Waals surface area contributed by atoms with E-state index in [1.807, 2.05) is 0 Å². The minimum atomic E-state index is -3.75. The molecule has 0 unspecified atom stereocenters. The topological polar surface area (TPSA) is 76.3 Å². The lowest BCUT2D eigenvalue weighted by Crippen LogP contribution is -2.17. The lowest BCUT2D eigenvalue weighted by Gasteiger charge is -2.17. The van der Waals surface area contributed by atoms with Gasteiger partial charge in [0, 0.05) is 24.4 Å². The lowest BCUT2D eigenvalue weighted by atomic mass is 10.1. The third-order valence-corrected chi connectivity index (χ3v) is 4.35. The highest BCUT2D eigenvalue weighted by molar-refractivity contribution is 7.90. The first-order chi connectivity index (χ1) is 8.97. The third kappa shape index (κ3) is 2.00. The number of amidine groups is 1. The van der Waals surface area contributed by atoms with Gasteiger partial charge in [0.25, 0.3) is 10.0 Å². The largest absolute Gasteiger partial charge is 0.328 e. The molecule has 0 radical (unpaired) electrons. The molecule has 0 aliphatic carbocycles. The number of nitrogens with zero attached hydrogens (tertiary/aromatic N) is 3. The van der Waals surface area contributed by atoms with Crippen molar-refractivity contribution >= 4 is 32.6 Å². The van der Waals surface area contributed by atoms with Crippen molar-refractivity contribution in [2.45, 2.75) is 4.90 Å². The van der Waals surface area contributed by atoms with Crippen LogP contribution in [-0.4, -0.2) is 23.5 Å². The van der Waals surface area contributed by atoms with E-state index in [9.17, 15) is 8.42 Å².